The fraction of sp³-hybridized carbons (Fsp3) is 0.172. The summed E-state index contributed by atoms with van der Waals surface area (Å²) in [5, 5.41) is 15.4. The lowest BCUT2D eigenvalue weighted by molar-refractivity contribution is -0.385. The molecule has 4 rings (SSSR count). The van der Waals surface area contributed by atoms with Gasteiger partial charge in [-0.2, -0.15) is 18.3 Å². The molecule has 1 N–H and O–H groups in total. The van der Waals surface area contributed by atoms with Gasteiger partial charge in [0.05, 0.1) is 29.4 Å². The van der Waals surface area contributed by atoms with E-state index in [1.165, 1.54) is 13.3 Å². The normalized spacial score (nSPS) is 11.5. The monoisotopic (exact) mass is 566 g/mol. The van der Waals surface area contributed by atoms with E-state index in [4.69, 9.17) is 9.47 Å². The Labute approximate surface area is 233 Å². The average molecular weight is 567 g/mol. The number of methoxy groups -OCH3 is 1. The second-order valence-corrected chi connectivity index (χ2v) is 9.10. The van der Waals surface area contributed by atoms with Crippen molar-refractivity contribution in [1.29, 1.82) is 0 Å². The van der Waals surface area contributed by atoms with Crippen LogP contribution >= 0.6 is 0 Å². The van der Waals surface area contributed by atoms with Crippen LogP contribution in [0.3, 0.4) is 0 Å². The Morgan fingerprint density at radius 1 is 1.00 bits per heavy atom. The van der Waals surface area contributed by atoms with Gasteiger partial charge in [-0.3, -0.25) is 14.9 Å². The Balaban J connectivity index is 1.51. The molecule has 0 fully saturated rings. The van der Waals surface area contributed by atoms with E-state index < -0.39 is 28.3 Å². The van der Waals surface area contributed by atoms with Gasteiger partial charge in [-0.15, -0.1) is 0 Å². The van der Waals surface area contributed by atoms with Gasteiger partial charge in [0.15, 0.2) is 0 Å². The van der Waals surface area contributed by atoms with E-state index in [1.807, 2.05) is 31.4 Å². The molecule has 12 heteroatoms. The van der Waals surface area contributed by atoms with E-state index in [-0.39, 0.29) is 11.5 Å². The highest BCUT2D eigenvalue weighted by Crippen LogP contribution is 2.38. The standard InChI is InChI=1S/C29H25F3N4O5/c1-17-5-11-24(27(13-17)40-4)28(37)34-33-16-20-14-18(2)35(19(20)3)22-7-9-23(10-8-22)41-26-12-6-21(29(30,31)32)15-25(26)36(38)39/h5-16H,1-4H3,(H,34,37)/b33-16-. The van der Waals surface area contributed by atoms with Crippen LogP contribution in [0.2, 0.25) is 0 Å². The first-order valence-electron chi connectivity index (χ1n) is 12.2. The van der Waals surface area contributed by atoms with E-state index in [0.717, 1.165) is 40.3 Å². The third-order valence-electron chi connectivity index (χ3n) is 6.25. The molecule has 1 heterocycles. The zero-order valence-electron chi connectivity index (χ0n) is 22.4. The van der Waals surface area contributed by atoms with Crippen molar-refractivity contribution in [1.82, 2.24) is 9.99 Å². The van der Waals surface area contributed by atoms with Crippen molar-refractivity contribution < 1.29 is 32.4 Å². The molecule has 41 heavy (non-hydrogen) atoms. The highest BCUT2D eigenvalue weighted by Gasteiger charge is 2.33. The van der Waals surface area contributed by atoms with Gasteiger partial charge in [-0.1, -0.05) is 6.07 Å². The number of halogens is 3. The number of amides is 1. The first-order chi connectivity index (χ1) is 19.4. The van der Waals surface area contributed by atoms with E-state index >= 15 is 0 Å². The zero-order chi connectivity index (χ0) is 29.9. The van der Waals surface area contributed by atoms with Gasteiger partial charge >= 0.3 is 11.9 Å². The summed E-state index contributed by atoms with van der Waals surface area (Å²) < 4.78 is 51.7. The van der Waals surface area contributed by atoms with Gasteiger partial charge in [0.25, 0.3) is 5.91 Å². The first kappa shape index (κ1) is 28.9. The van der Waals surface area contributed by atoms with Gasteiger partial charge in [0.2, 0.25) is 5.75 Å². The number of ether oxygens (including phenoxy) is 2. The summed E-state index contributed by atoms with van der Waals surface area (Å²) in [6.45, 7) is 5.65. The minimum atomic E-state index is -4.72. The highest BCUT2D eigenvalue weighted by molar-refractivity contribution is 5.97. The number of nitro groups is 1. The number of aromatic nitrogens is 1. The smallest absolute Gasteiger partial charge is 0.416 e. The van der Waals surface area contributed by atoms with Crippen LogP contribution < -0.4 is 14.9 Å². The number of carbonyl (C=O) groups is 1. The lowest BCUT2D eigenvalue weighted by Gasteiger charge is -2.12. The fourth-order valence-corrected chi connectivity index (χ4v) is 4.24. The molecule has 0 aliphatic heterocycles. The van der Waals surface area contributed by atoms with Crippen molar-refractivity contribution in [3.8, 4) is 22.9 Å². The molecule has 4 aromatic rings. The second-order valence-electron chi connectivity index (χ2n) is 9.10. The maximum absolute atomic E-state index is 13.0. The molecule has 9 nitrogen and oxygen atoms in total. The van der Waals surface area contributed by atoms with E-state index in [9.17, 15) is 28.1 Å². The van der Waals surface area contributed by atoms with Crippen molar-refractivity contribution in [2.75, 3.05) is 7.11 Å². The summed E-state index contributed by atoms with van der Waals surface area (Å²) in [6.07, 6.45) is -3.19. The topological polar surface area (TPSA) is 108 Å². The summed E-state index contributed by atoms with van der Waals surface area (Å²) in [4.78, 5) is 23.0. The molecule has 0 unspecified atom stereocenters. The van der Waals surface area contributed by atoms with Crippen LogP contribution in [-0.2, 0) is 6.18 Å². The summed E-state index contributed by atoms with van der Waals surface area (Å²) in [7, 11) is 1.49. The van der Waals surface area contributed by atoms with Crippen LogP contribution in [0, 0.1) is 30.9 Å². The Kier molecular flexibility index (Phi) is 8.13. The van der Waals surface area contributed by atoms with Gasteiger partial charge in [-0.05, 0) is 80.9 Å². The molecular formula is C29H25F3N4O5. The summed E-state index contributed by atoms with van der Waals surface area (Å²) in [5.74, 6) is -0.0880. The van der Waals surface area contributed by atoms with E-state index in [2.05, 4.69) is 10.5 Å². The second kappa shape index (κ2) is 11.5. The third kappa shape index (κ3) is 6.38. The van der Waals surface area contributed by atoms with Crippen molar-refractivity contribution in [3.63, 3.8) is 0 Å². The number of alkyl halides is 3. The lowest BCUT2D eigenvalue weighted by Crippen LogP contribution is -2.18. The summed E-state index contributed by atoms with van der Waals surface area (Å²) in [6, 6.07) is 15.7. The summed E-state index contributed by atoms with van der Waals surface area (Å²) >= 11 is 0. The lowest BCUT2D eigenvalue weighted by atomic mass is 10.1. The molecule has 0 saturated carbocycles. The van der Waals surface area contributed by atoms with Gasteiger partial charge in [-0.25, -0.2) is 5.43 Å². The molecule has 0 aliphatic rings. The molecular weight excluding hydrogens is 541 g/mol. The number of hydrazone groups is 1. The third-order valence-corrected chi connectivity index (χ3v) is 6.25. The van der Waals surface area contributed by atoms with Crippen molar-refractivity contribution in [2.45, 2.75) is 26.9 Å². The Morgan fingerprint density at radius 2 is 1.71 bits per heavy atom. The predicted molar refractivity (Wildman–Crippen MR) is 146 cm³/mol. The molecule has 1 aromatic heterocycles. The number of hydrogen-bond donors (Lipinski definition) is 1. The number of benzene rings is 3. The van der Waals surface area contributed by atoms with Crippen LogP contribution in [0.25, 0.3) is 5.69 Å². The van der Waals surface area contributed by atoms with Crippen LogP contribution in [0.1, 0.15) is 38.4 Å². The molecule has 0 radical (unpaired) electrons. The average Bonchev–Trinajstić information content (AvgIpc) is 3.20. The van der Waals surface area contributed by atoms with E-state index in [1.54, 1.807) is 42.5 Å². The molecule has 0 aliphatic carbocycles. The SMILES string of the molecule is COc1cc(C)ccc1C(=O)N/N=C\c1cc(C)n(-c2ccc(Oc3ccc(C(F)(F)F)cc3[N+](=O)[O-])cc2)c1C. The maximum atomic E-state index is 13.0. The van der Waals surface area contributed by atoms with Gasteiger partial charge in [0.1, 0.15) is 11.5 Å². The zero-order valence-corrected chi connectivity index (χ0v) is 22.4. The molecule has 3 aromatic carbocycles. The van der Waals surface area contributed by atoms with Crippen molar-refractivity contribution in [2.24, 2.45) is 5.10 Å². The molecule has 212 valence electrons. The number of hydrogen-bond acceptors (Lipinski definition) is 6. The molecule has 0 atom stereocenters. The number of carbonyl (C=O) groups excluding carboxylic acids is 1. The number of aryl methyl sites for hydroxylation is 2. The molecule has 0 bridgehead atoms. The van der Waals surface area contributed by atoms with Gasteiger partial charge < -0.3 is 14.0 Å². The van der Waals surface area contributed by atoms with Gasteiger partial charge in [0, 0.05) is 28.7 Å². The van der Waals surface area contributed by atoms with Crippen LogP contribution in [0.4, 0.5) is 18.9 Å². The molecule has 0 saturated heterocycles. The Morgan fingerprint density at radius 3 is 2.34 bits per heavy atom. The Hall–Kier alpha value is -5.13. The van der Waals surface area contributed by atoms with Crippen molar-refractivity contribution in [3.05, 3.63) is 110 Å². The predicted octanol–water partition coefficient (Wildman–Crippen LogP) is 6.89. The maximum Gasteiger partial charge on any atom is 0.416 e. The quantitative estimate of drug-likeness (QED) is 0.142. The van der Waals surface area contributed by atoms with E-state index in [0.29, 0.717) is 17.4 Å². The summed E-state index contributed by atoms with van der Waals surface area (Å²) in [5.41, 5.74) is 5.05. The van der Waals surface area contributed by atoms with Crippen LogP contribution in [-0.4, -0.2) is 28.7 Å². The van der Waals surface area contributed by atoms with Crippen LogP contribution in [0.5, 0.6) is 17.2 Å². The van der Waals surface area contributed by atoms with Crippen molar-refractivity contribution >= 4 is 17.8 Å². The first-order valence-corrected chi connectivity index (χ1v) is 12.2. The fourth-order valence-electron chi connectivity index (χ4n) is 4.24. The number of nitrogens with zero attached hydrogens (tertiary/aromatic N) is 3. The number of nitrogens with one attached hydrogen (secondary N) is 1. The minimum Gasteiger partial charge on any atom is -0.496 e. The Bertz CT molecular complexity index is 1640. The number of rotatable bonds is 8. The number of nitro benzene ring substituents is 1. The molecule has 1 amide bonds. The van der Waals surface area contributed by atoms with Crippen LogP contribution in [0.15, 0.2) is 71.8 Å². The highest BCUT2D eigenvalue weighted by atomic mass is 19.4. The molecule has 0 spiro atoms. The minimum absolute atomic E-state index is 0.204. The largest absolute Gasteiger partial charge is 0.496 e.